The average Bonchev–Trinajstić information content (AvgIpc) is 2.89. The lowest BCUT2D eigenvalue weighted by atomic mass is 9.90. The second-order valence-electron chi connectivity index (χ2n) is 5.68. The van der Waals surface area contributed by atoms with Gasteiger partial charge in [-0.2, -0.15) is 0 Å². The fraction of sp³-hybridized carbons (Fsp3) is 0.400. The van der Waals surface area contributed by atoms with Crippen LogP contribution >= 0.6 is 0 Å². The molecule has 110 valence electrons. The molecule has 2 aromatic rings. The number of pyridine rings is 1. The van der Waals surface area contributed by atoms with Crippen LogP contribution < -0.4 is 0 Å². The van der Waals surface area contributed by atoms with Crippen molar-refractivity contribution in [2.75, 3.05) is 13.1 Å². The minimum Gasteiger partial charge on any atom is -0.481 e. The summed E-state index contributed by atoms with van der Waals surface area (Å²) in [6.07, 6.45) is 4.13. The number of carboxylic acids is 1. The summed E-state index contributed by atoms with van der Waals surface area (Å²) in [5, 5.41) is 9.18. The number of likely N-dealkylation sites (tertiary alicyclic amines) is 1. The van der Waals surface area contributed by atoms with E-state index in [4.69, 9.17) is 0 Å². The van der Waals surface area contributed by atoms with Gasteiger partial charge >= 0.3 is 5.97 Å². The molecule has 2 aromatic heterocycles. The molecule has 1 amide bonds. The van der Waals surface area contributed by atoms with E-state index < -0.39 is 11.9 Å². The molecule has 1 N–H and O–H groups in total. The summed E-state index contributed by atoms with van der Waals surface area (Å²) in [6, 6.07) is 5.56. The fourth-order valence-electron chi connectivity index (χ4n) is 2.90. The average molecular weight is 287 g/mol. The Hall–Kier alpha value is -2.37. The topological polar surface area (TPSA) is 74.9 Å². The number of fused-ring (bicyclic) bond motifs is 1. The maximum atomic E-state index is 12.5. The third-order valence-corrected chi connectivity index (χ3v) is 3.88. The summed E-state index contributed by atoms with van der Waals surface area (Å²) in [5.74, 6) is -1.35. The standard InChI is InChI=1S/C15H17N3O3/c1-10-6-11(15(20)21)8-18(7-10)14(19)12-9-17-5-3-2-4-13(17)16-12/h2-5,9-11H,6-8H2,1H3,(H,20,21). The Morgan fingerprint density at radius 2 is 2.14 bits per heavy atom. The zero-order chi connectivity index (χ0) is 15.0. The van der Waals surface area contributed by atoms with E-state index in [1.165, 1.54) is 0 Å². The van der Waals surface area contributed by atoms with E-state index >= 15 is 0 Å². The molecule has 3 heterocycles. The molecule has 0 aromatic carbocycles. The Morgan fingerprint density at radius 1 is 1.33 bits per heavy atom. The van der Waals surface area contributed by atoms with Gasteiger partial charge in [0.1, 0.15) is 11.3 Å². The molecule has 0 radical (unpaired) electrons. The van der Waals surface area contributed by atoms with Crippen LogP contribution in [0.4, 0.5) is 0 Å². The second-order valence-corrected chi connectivity index (χ2v) is 5.68. The van der Waals surface area contributed by atoms with E-state index in [1.807, 2.05) is 31.3 Å². The van der Waals surface area contributed by atoms with Gasteiger partial charge in [-0.1, -0.05) is 13.0 Å². The van der Waals surface area contributed by atoms with Crippen molar-refractivity contribution in [1.29, 1.82) is 0 Å². The van der Waals surface area contributed by atoms with E-state index in [0.717, 1.165) is 0 Å². The first-order chi connectivity index (χ1) is 10.0. The number of hydrogen-bond acceptors (Lipinski definition) is 3. The molecule has 0 saturated carbocycles. The number of rotatable bonds is 2. The first kappa shape index (κ1) is 13.6. The predicted octanol–water partition coefficient (Wildman–Crippen LogP) is 1.52. The van der Waals surface area contributed by atoms with Crippen LogP contribution in [0.1, 0.15) is 23.8 Å². The molecule has 2 unspecified atom stereocenters. The van der Waals surface area contributed by atoms with Gasteiger partial charge in [0.25, 0.3) is 5.91 Å². The number of hydrogen-bond donors (Lipinski definition) is 1. The lowest BCUT2D eigenvalue weighted by Crippen LogP contribution is -2.45. The Labute approximate surface area is 122 Å². The normalized spacial score (nSPS) is 22.4. The Balaban J connectivity index is 1.85. The van der Waals surface area contributed by atoms with Crippen LogP contribution in [-0.4, -0.2) is 44.4 Å². The van der Waals surface area contributed by atoms with Crippen LogP contribution in [0.3, 0.4) is 0 Å². The number of carboxylic acid groups (broad SMARTS) is 1. The zero-order valence-corrected chi connectivity index (χ0v) is 11.8. The highest BCUT2D eigenvalue weighted by molar-refractivity contribution is 5.93. The third-order valence-electron chi connectivity index (χ3n) is 3.88. The van der Waals surface area contributed by atoms with Gasteiger partial charge in [0.05, 0.1) is 5.92 Å². The first-order valence-corrected chi connectivity index (χ1v) is 7.00. The van der Waals surface area contributed by atoms with Crippen molar-refractivity contribution in [1.82, 2.24) is 14.3 Å². The maximum Gasteiger partial charge on any atom is 0.308 e. The molecule has 6 heteroatoms. The summed E-state index contributed by atoms with van der Waals surface area (Å²) in [5.41, 5.74) is 1.07. The van der Waals surface area contributed by atoms with Crippen LogP contribution in [0.25, 0.3) is 5.65 Å². The van der Waals surface area contributed by atoms with E-state index in [0.29, 0.717) is 24.3 Å². The summed E-state index contributed by atoms with van der Waals surface area (Å²) in [6.45, 7) is 2.81. The van der Waals surface area contributed by atoms with Crippen LogP contribution in [0, 0.1) is 11.8 Å². The van der Waals surface area contributed by atoms with Crippen molar-refractivity contribution in [3.8, 4) is 0 Å². The maximum absolute atomic E-state index is 12.5. The molecule has 1 fully saturated rings. The highest BCUT2D eigenvalue weighted by Gasteiger charge is 2.32. The molecule has 2 atom stereocenters. The van der Waals surface area contributed by atoms with E-state index in [1.54, 1.807) is 15.5 Å². The van der Waals surface area contributed by atoms with Gasteiger partial charge in [-0.25, -0.2) is 4.98 Å². The Morgan fingerprint density at radius 3 is 2.86 bits per heavy atom. The van der Waals surface area contributed by atoms with Crippen molar-refractivity contribution in [3.63, 3.8) is 0 Å². The van der Waals surface area contributed by atoms with Crippen LogP contribution in [0.5, 0.6) is 0 Å². The van der Waals surface area contributed by atoms with Crippen molar-refractivity contribution in [2.24, 2.45) is 11.8 Å². The van der Waals surface area contributed by atoms with Crippen LogP contribution in [0.15, 0.2) is 30.6 Å². The number of nitrogens with zero attached hydrogens (tertiary/aromatic N) is 3. The van der Waals surface area contributed by atoms with Crippen molar-refractivity contribution >= 4 is 17.5 Å². The number of carbonyl (C=O) groups is 2. The number of carbonyl (C=O) groups excluding carboxylic acids is 1. The van der Waals surface area contributed by atoms with Crippen molar-refractivity contribution in [3.05, 3.63) is 36.3 Å². The lowest BCUT2D eigenvalue weighted by Gasteiger charge is -2.34. The quantitative estimate of drug-likeness (QED) is 0.908. The Kier molecular flexibility index (Phi) is 3.37. The minimum absolute atomic E-state index is 0.181. The second kappa shape index (κ2) is 5.20. The molecule has 0 aliphatic carbocycles. The number of amides is 1. The summed E-state index contributed by atoms with van der Waals surface area (Å²) < 4.78 is 1.79. The molecule has 1 aliphatic rings. The van der Waals surface area contributed by atoms with Gasteiger partial charge in [-0.15, -0.1) is 0 Å². The lowest BCUT2D eigenvalue weighted by molar-refractivity contribution is -0.143. The molecular weight excluding hydrogens is 270 g/mol. The Bertz CT molecular complexity index is 661. The van der Waals surface area contributed by atoms with Gasteiger partial charge in [-0.3, -0.25) is 9.59 Å². The number of imidazole rings is 1. The third kappa shape index (κ3) is 2.61. The number of piperidine rings is 1. The van der Waals surface area contributed by atoms with E-state index in [2.05, 4.69) is 4.98 Å². The summed E-state index contributed by atoms with van der Waals surface area (Å²) >= 11 is 0. The predicted molar refractivity (Wildman–Crippen MR) is 76.0 cm³/mol. The highest BCUT2D eigenvalue weighted by atomic mass is 16.4. The molecule has 21 heavy (non-hydrogen) atoms. The molecule has 1 aliphatic heterocycles. The first-order valence-electron chi connectivity index (χ1n) is 7.00. The van der Waals surface area contributed by atoms with Crippen LogP contribution in [0.2, 0.25) is 0 Å². The summed E-state index contributed by atoms with van der Waals surface area (Å²) in [4.78, 5) is 29.6. The molecule has 1 saturated heterocycles. The fourth-order valence-corrected chi connectivity index (χ4v) is 2.90. The summed E-state index contributed by atoms with van der Waals surface area (Å²) in [7, 11) is 0. The van der Waals surface area contributed by atoms with Gasteiger partial charge in [-0.05, 0) is 24.5 Å². The van der Waals surface area contributed by atoms with Crippen LogP contribution in [-0.2, 0) is 4.79 Å². The number of aliphatic carboxylic acids is 1. The minimum atomic E-state index is -0.839. The molecule has 6 nitrogen and oxygen atoms in total. The highest BCUT2D eigenvalue weighted by Crippen LogP contribution is 2.23. The van der Waals surface area contributed by atoms with Gasteiger partial charge in [0.2, 0.25) is 0 Å². The van der Waals surface area contributed by atoms with E-state index in [-0.39, 0.29) is 18.4 Å². The largest absolute Gasteiger partial charge is 0.481 e. The van der Waals surface area contributed by atoms with Gasteiger partial charge in [0.15, 0.2) is 0 Å². The molecular formula is C15H17N3O3. The molecule has 0 spiro atoms. The zero-order valence-electron chi connectivity index (χ0n) is 11.8. The molecule has 3 rings (SSSR count). The molecule has 0 bridgehead atoms. The monoisotopic (exact) mass is 287 g/mol. The van der Waals surface area contributed by atoms with E-state index in [9.17, 15) is 14.7 Å². The smallest absolute Gasteiger partial charge is 0.308 e. The van der Waals surface area contributed by atoms with Crippen molar-refractivity contribution in [2.45, 2.75) is 13.3 Å². The van der Waals surface area contributed by atoms with Gasteiger partial charge < -0.3 is 14.4 Å². The number of aromatic nitrogens is 2. The SMILES string of the molecule is CC1CC(C(=O)O)CN(C(=O)c2cn3ccccc3n2)C1. The van der Waals surface area contributed by atoms with Gasteiger partial charge in [0, 0.05) is 25.5 Å². The van der Waals surface area contributed by atoms with Crippen molar-refractivity contribution < 1.29 is 14.7 Å².